The van der Waals surface area contributed by atoms with Crippen molar-refractivity contribution in [2.45, 2.75) is 101 Å². The first-order chi connectivity index (χ1) is 29.6. The van der Waals surface area contributed by atoms with E-state index < -0.39 is 23.3 Å². The van der Waals surface area contributed by atoms with Gasteiger partial charge < -0.3 is 45.6 Å². The molecule has 8 rings (SSSR count). The quantitative estimate of drug-likeness (QED) is 0.0750. The van der Waals surface area contributed by atoms with Gasteiger partial charge in [0.1, 0.15) is 35.7 Å². The fourth-order valence-corrected chi connectivity index (χ4v) is 8.96. The van der Waals surface area contributed by atoms with Crippen LogP contribution in [0.3, 0.4) is 0 Å². The maximum atomic E-state index is 13.5. The fourth-order valence-electron chi connectivity index (χ4n) is 8.96. The van der Waals surface area contributed by atoms with E-state index in [1.807, 2.05) is 56.7 Å². The predicted molar refractivity (Wildman–Crippen MR) is 233 cm³/mol. The maximum absolute atomic E-state index is 13.5. The standard InChI is InChI=1S/C46H59N9O6/c1-53(2)24-6-5-12-37(50-44(57)46(45(58)59)21-8-22-46)43(56)49-31-16-14-30(15-17-31)29-60-40-13-4-3-11-36(40)38-26-39(42(47)52-51-38)54-27-33-18-19-34(28-54)55(33)32-20-23-48-41(25-32)61-35-9-7-10-35/h3-4,11,13-17,20,23,25-26,33-35,37,51-52H,5-10,12,18-19,21-22,24,27-29,47H2,1-2H3,(H,49,56)(H,50,57)(H,58,59). The molecule has 2 amide bonds. The first-order valence-corrected chi connectivity index (χ1v) is 21.8. The molecule has 324 valence electrons. The zero-order valence-electron chi connectivity index (χ0n) is 35.2. The number of carboxylic acids is 1. The lowest BCUT2D eigenvalue weighted by Crippen LogP contribution is -2.55. The van der Waals surface area contributed by atoms with Gasteiger partial charge in [0.15, 0.2) is 0 Å². The van der Waals surface area contributed by atoms with Crippen molar-refractivity contribution in [2.24, 2.45) is 11.1 Å². The maximum Gasteiger partial charge on any atom is 0.319 e. The molecule has 0 radical (unpaired) electrons. The van der Waals surface area contributed by atoms with Crippen LogP contribution in [0.15, 0.2) is 84.5 Å². The Morgan fingerprint density at radius 2 is 1.74 bits per heavy atom. The number of nitrogens with one attached hydrogen (secondary N) is 4. The van der Waals surface area contributed by atoms with Crippen molar-refractivity contribution in [3.05, 3.63) is 95.6 Å². The molecule has 3 atom stereocenters. The number of benzene rings is 2. The lowest BCUT2D eigenvalue weighted by molar-refractivity contribution is -0.162. The predicted octanol–water partition coefficient (Wildman–Crippen LogP) is 4.93. The molecule has 2 saturated carbocycles. The number of piperazine rings is 1. The Labute approximate surface area is 357 Å². The van der Waals surface area contributed by atoms with E-state index in [9.17, 15) is 19.5 Å². The second kappa shape index (κ2) is 18.3. The Morgan fingerprint density at radius 3 is 2.41 bits per heavy atom. The van der Waals surface area contributed by atoms with E-state index in [2.05, 4.69) is 59.4 Å². The molecular formula is C46H59N9O6. The van der Waals surface area contributed by atoms with Crippen LogP contribution in [0.5, 0.6) is 11.6 Å². The van der Waals surface area contributed by atoms with Crippen molar-refractivity contribution in [1.82, 2.24) is 31.0 Å². The number of hydrogen-bond donors (Lipinski definition) is 6. The van der Waals surface area contributed by atoms with Crippen molar-refractivity contribution in [3.8, 4) is 11.6 Å². The molecule has 61 heavy (non-hydrogen) atoms. The summed E-state index contributed by atoms with van der Waals surface area (Å²) in [5.41, 5.74) is 16.9. The number of rotatable bonds is 18. The number of anilines is 2. The molecule has 3 aromatic rings. The summed E-state index contributed by atoms with van der Waals surface area (Å²) in [4.78, 5) is 50.2. The summed E-state index contributed by atoms with van der Waals surface area (Å²) in [5, 5.41) is 15.5. The highest BCUT2D eigenvalue weighted by Gasteiger charge is 2.52. The molecule has 2 aliphatic carbocycles. The van der Waals surface area contributed by atoms with Crippen molar-refractivity contribution in [1.29, 1.82) is 0 Å². The summed E-state index contributed by atoms with van der Waals surface area (Å²) in [6, 6.07) is 19.3. The Morgan fingerprint density at radius 1 is 0.984 bits per heavy atom. The number of nitrogens with zero attached hydrogens (tertiary/aromatic N) is 4. The van der Waals surface area contributed by atoms with E-state index in [0.717, 1.165) is 74.3 Å². The number of carboxylic acid groups (broad SMARTS) is 1. The number of aliphatic carboxylic acids is 1. The summed E-state index contributed by atoms with van der Waals surface area (Å²) in [5.74, 6) is -0.125. The molecule has 15 nitrogen and oxygen atoms in total. The minimum Gasteiger partial charge on any atom is -0.488 e. The molecule has 3 unspecified atom stereocenters. The average molecular weight is 834 g/mol. The van der Waals surface area contributed by atoms with Crippen molar-refractivity contribution >= 4 is 34.9 Å². The van der Waals surface area contributed by atoms with Crippen LogP contribution in [0.1, 0.15) is 81.8 Å². The zero-order chi connectivity index (χ0) is 42.5. The highest BCUT2D eigenvalue weighted by molar-refractivity contribution is 6.05. The fraction of sp³-hybridized carbons (Fsp3) is 0.478. The van der Waals surface area contributed by atoms with Gasteiger partial charge in [0.2, 0.25) is 17.7 Å². The molecule has 2 bridgehead atoms. The van der Waals surface area contributed by atoms with Crippen LogP contribution in [0, 0.1) is 5.41 Å². The molecular weight excluding hydrogens is 775 g/mol. The molecule has 3 aliphatic heterocycles. The van der Waals surface area contributed by atoms with Crippen LogP contribution in [0.2, 0.25) is 0 Å². The van der Waals surface area contributed by atoms with E-state index in [1.165, 1.54) is 12.1 Å². The van der Waals surface area contributed by atoms with E-state index in [0.29, 0.717) is 54.5 Å². The highest BCUT2D eigenvalue weighted by atomic mass is 16.5. The summed E-state index contributed by atoms with van der Waals surface area (Å²) >= 11 is 0. The first-order valence-electron chi connectivity index (χ1n) is 21.8. The van der Waals surface area contributed by atoms with Gasteiger partial charge in [0.05, 0.1) is 11.4 Å². The number of hydrazine groups is 1. The average Bonchev–Trinajstić information content (AvgIpc) is 3.48. The molecule has 2 saturated heterocycles. The van der Waals surface area contributed by atoms with Crippen LogP contribution in [-0.4, -0.2) is 95.6 Å². The minimum atomic E-state index is -1.46. The van der Waals surface area contributed by atoms with Gasteiger partial charge in [-0.3, -0.25) is 25.2 Å². The number of carbonyl (C=O) groups is 3. The van der Waals surface area contributed by atoms with Crippen LogP contribution >= 0.6 is 0 Å². The van der Waals surface area contributed by atoms with Crippen LogP contribution in [-0.2, 0) is 21.0 Å². The molecule has 5 aliphatic rings. The number of pyridine rings is 1. The number of unbranched alkanes of at least 4 members (excludes halogenated alkanes) is 1. The number of ether oxygens (including phenoxy) is 2. The van der Waals surface area contributed by atoms with Crippen molar-refractivity contribution in [2.75, 3.05) is 43.9 Å². The van der Waals surface area contributed by atoms with Crippen LogP contribution < -0.4 is 41.6 Å². The first kappa shape index (κ1) is 41.8. The second-order valence-corrected chi connectivity index (χ2v) is 17.4. The highest BCUT2D eigenvalue weighted by Crippen LogP contribution is 2.42. The number of carbonyl (C=O) groups excluding carboxylic acids is 2. The molecule has 15 heteroatoms. The molecule has 0 spiro atoms. The summed E-state index contributed by atoms with van der Waals surface area (Å²) in [6.45, 7) is 2.81. The zero-order valence-corrected chi connectivity index (χ0v) is 35.2. The van der Waals surface area contributed by atoms with Crippen molar-refractivity contribution < 1.29 is 29.0 Å². The molecule has 2 aromatic carbocycles. The SMILES string of the molecule is CN(C)CCCCC(NC(=O)C1(C(=O)O)CCC1)C(=O)Nc1ccc(COc2ccccc2C2=CC(N3CC4CCC(C3)N4c3ccnc(OC4CCC4)c3)=C(N)NN2)cc1. The summed E-state index contributed by atoms with van der Waals surface area (Å²) in [7, 11) is 3.97. The monoisotopic (exact) mass is 833 g/mol. The van der Waals surface area contributed by atoms with E-state index >= 15 is 0 Å². The third-order valence-corrected chi connectivity index (χ3v) is 12.9. The van der Waals surface area contributed by atoms with Gasteiger partial charge in [-0.15, -0.1) is 0 Å². The van der Waals surface area contributed by atoms with Gasteiger partial charge in [-0.25, -0.2) is 4.98 Å². The number of amides is 2. The lowest BCUT2D eigenvalue weighted by Gasteiger charge is -2.44. The molecule has 4 fully saturated rings. The van der Waals surface area contributed by atoms with Crippen molar-refractivity contribution in [3.63, 3.8) is 0 Å². The lowest BCUT2D eigenvalue weighted by atomic mass is 9.68. The van der Waals surface area contributed by atoms with Gasteiger partial charge in [0.25, 0.3) is 0 Å². The van der Waals surface area contributed by atoms with Gasteiger partial charge in [-0.05, 0) is 127 Å². The third-order valence-electron chi connectivity index (χ3n) is 12.9. The number of likely N-dealkylation sites (tertiary alicyclic amines) is 1. The number of allylic oxidation sites excluding steroid dienone is 1. The van der Waals surface area contributed by atoms with Crippen LogP contribution in [0.25, 0.3) is 5.70 Å². The molecule has 4 heterocycles. The molecule has 1 aromatic heterocycles. The Bertz CT molecular complexity index is 2120. The summed E-state index contributed by atoms with van der Waals surface area (Å²) in [6.07, 6.45) is 13.0. The topological polar surface area (TPSA) is 187 Å². The Kier molecular flexibility index (Phi) is 12.6. The number of aromatic nitrogens is 1. The van der Waals surface area contributed by atoms with Gasteiger partial charge >= 0.3 is 5.97 Å². The van der Waals surface area contributed by atoms with Gasteiger partial charge in [-0.2, -0.15) is 0 Å². The largest absolute Gasteiger partial charge is 0.488 e. The smallest absolute Gasteiger partial charge is 0.319 e. The number of nitrogens with two attached hydrogens (primary N) is 1. The molecule has 7 N–H and O–H groups in total. The van der Waals surface area contributed by atoms with Gasteiger partial charge in [-0.1, -0.05) is 30.7 Å². The Balaban J connectivity index is 0.889. The van der Waals surface area contributed by atoms with E-state index in [4.69, 9.17) is 15.2 Å². The summed E-state index contributed by atoms with van der Waals surface area (Å²) < 4.78 is 12.5. The van der Waals surface area contributed by atoms with E-state index in [1.54, 1.807) is 12.1 Å². The third kappa shape index (κ3) is 9.36. The van der Waals surface area contributed by atoms with Gasteiger partial charge in [0, 0.05) is 54.4 Å². The van der Waals surface area contributed by atoms with Crippen LogP contribution in [0.4, 0.5) is 11.4 Å². The minimum absolute atomic E-state index is 0.277. The number of fused-ring (bicyclic) bond motifs is 2. The second-order valence-electron chi connectivity index (χ2n) is 17.4. The number of para-hydroxylation sites is 1. The number of hydrogen-bond acceptors (Lipinski definition) is 12. The normalized spacial score (nSPS) is 21.0. The van der Waals surface area contributed by atoms with E-state index in [-0.39, 0.29) is 31.5 Å². The Hall–Kier alpha value is -5.96.